The minimum absolute atomic E-state index is 0.00634. The van der Waals surface area contributed by atoms with Gasteiger partial charge in [-0.3, -0.25) is 4.21 Å². The Kier molecular flexibility index (Phi) is 5.26. The van der Waals surface area contributed by atoms with Crippen LogP contribution in [0.25, 0.3) is 0 Å². The first-order valence-corrected chi connectivity index (χ1v) is 8.06. The summed E-state index contributed by atoms with van der Waals surface area (Å²) in [7, 11) is -0.659. The van der Waals surface area contributed by atoms with E-state index in [9.17, 15) is 4.21 Å². The second kappa shape index (κ2) is 5.78. The van der Waals surface area contributed by atoms with Crippen molar-refractivity contribution in [1.82, 2.24) is 4.90 Å². The van der Waals surface area contributed by atoms with E-state index >= 15 is 0 Å². The maximum atomic E-state index is 11.9. The van der Waals surface area contributed by atoms with Gasteiger partial charge in [-0.15, -0.1) is 0 Å². The van der Waals surface area contributed by atoms with Gasteiger partial charge < -0.3 is 4.90 Å². The highest BCUT2D eigenvalue weighted by molar-refractivity contribution is 9.09. The van der Waals surface area contributed by atoms with E-state index in [4.69, 9.17) is 0 Å². The monoisotopic (exact) mass is 295 g/mol. The first-order valence-electron chi connectivity index (χ1n) is 5.62. The van der Waals surface area contributed by atoms with Crippen LogP contribution >= 0.6 is 15.9 Å². The van der Waals surface area contributed by atoms with Gasteiger partial charge in [-0.2, -0.15) is 0 Å². The molecule has 1 rings (SSSR count). The molecule has 0 spiro atoms. The van der Waals surface area contributed by atoms with Gasteiger partial charge in [0.05, 0.1) is 0 Å². The summed E-state index contributed by atoms with van der Waals surface area (Å²) in [6.07, 6.45) is 1.05. The molecule has 2 unspecified atom stereocenters. The highest BCUT2D eigenvalue weighted by Crippen LogP contribution is 2.22. The zero-order valence-electron chi connectivity index (χ0n) is 9.96. The standard InChI is InChI=1S/C11H22BrNOS/c1-10(8-12)9-13-5-4-11(2,3)15(14)7-6-13/h10H,4-9H2,1-3H3. The molecule has 0 aromatic rings. The molecule has 1 aliphatic heterocycles. The average molecular weight is 296 g/mol. The molecule has 15 heavy (non-hydrogen) atoms. The molecule has 1 fully saturated rings. The normalized spacial score (nSPS) is 29.7. The van der Waals surface area contributed by atoms with Crippen LogP contribution in [-0.2, 0) is 10.8 Å². The van der Waals surface area contributed by atoms with E-state index in [0.717, 1.165) is 37.1 Å². The Morgan fingerprint density at radius 1 is 1.47 bits per heavy atom. The van der Waals surface area contributed by atoms with Crippen LogP contribution in [0.3, 0.4) is 0 Å². The van der Waals surface area contributed by atoms with Crippen molar-refractivity contribution in [2.45, 2.75) is 31.9 Å². The summed E-state index contributed by atoms with van der Waals surface area (Å²) < 4.78 is 11.9. The molecule has 0 amide bonds. The van der Waals surface area contributed by atoms with Crippen molar-refractivity contribution >= 4 is 26.7 Å². The van der Waals surface area contributed by atoms with Crippen molar-refractivity contribution < 1.29 is 4.21 Å². The number of nitrogens with zero attached hydrogens (tertiary/aromatic N) is 1. The molecule has 4 heteroatoms. The van der Waals surface area contributed by atoms with Crippen LogP contribution in [0.4, 0.5) is 0 Å². The molecule has 0 saturated carbocycles. The van der Waals surface area contributed by atoms with E-state index in [-0.39, 0.29) is 4.75 Å². The minimum atomic E-state index is -0.659. The van der Waals surface area contributed by atoms with E-state index in [0.29, 0.717) is 5.92 Å². The van der Waals surface area contributed by atoms with Gasteiger partial charge in [-0.05, 0) is 32.7 Å². The fraction of sp³-hybridized carbons (Fsp3) is 1.00. The molecule has 0 bridgehead atoms. The quantitative estimate of drug-likeness (QED) is 0.745. The highest BCUT2D eigenvalue weighted by atomic mass is 79.9. The summed E-state index contributed by atoms with van der Waals surface area (Å²) in [6, 6.07) is 0. The summed E-state index contributed by atoms with van der Waals surface area (Å²) in [4.78, 5) is 2.46. The van der Waals surface area contributed by atoms with E-state index < -0.39 is 10.8 Å². The SMILES string of the molecule is CC(CBr)CN1CCS(=O)C(C)(C)CC1. The average Bonchev–Trinajstić information content (AvgIpc) is 2.31. The number of rotatable bonds is 3. The third kappa shape index (κ3) is 4.16. The lowest BCUT2D eigenvalue weighted by molar-refractivity contribution is 0.256. The van der Waals surface area contributed by atoms with Crippen LogP contribution in [0.15, 0.2) is 0 Å². The Bertz CT molecular complexity index is 233. The third-order valence-electron chi connectivity index (χ3n) is 3.07. The number of hydrogen-bond acceptors (Lipinski definition) is 2. The predicted octanol–water partition coefficient (Wildman–Crippen LogP) is 2.25. The Labute approximate surface area is 104 Å². The molecule has 1 heterocycles. The van der Waals surface area contributed by atoms with Gasteiger partial charge in [0.25, 0.3) is 0 Å². The van der Waals surface area contributed by atoms with Crippen LogP contribution in [-0.4, -0.2) is 44.6 Å². The fourth-order valence-electron chi connectivity index (χ4n) is 1.81. The molecule has 0 N–H and O–H groups in total. The topological polar surface area (TPSA) is 20.3 Å². The first-order chi connectivity index (χ1) is 6.95. The molecule has 90 valence electrons. The third-order valence-corrected chi connectivity index (χ3v) is 6.17. The lowest BCUT2D eigenvalue weighted by Crippen LogP contribution is -2.31. The maximum Gasteiger partial charge on any atom is 0.0415 e. The molecule has 2 atom stereocenters. The Hall–Kier alpha value is 0.590. The van der Waals surface area contributed by atoms with Crippen molar-refractivity contribution in [1.29, 1.82) is 0 Å². The van der Waals surface area contributed by atoms with Crippen LogP contribution < -0.4 is 0 Å². The summed E-state index contributed by atoms with van der Waals surface area (Å²) in [5, 5.41) is 1.05. The van der Waals surface area contributed by atoms with Crippen LogP contribution in [0.5, 0.6) is 0 Å². The maximum absolute atomic E-state index is 11.9. The Morgan fingerprint density at radius 2 is 2.13 bits per heavy atom. The van der Waals surface area contributed by atoms with Gasteiger partial charge in [0.1, 0.15) is 0 Å². The molecule has 1 saturated heterocycles. The van der Waals surface area contributed by atoms with Gasteiger partial charge in [0.15, 0.2) is 0 Å². The van der Waals surface area contributed by atoms with E-state index in [1.54, 1.807) is 0 Å². The zero-order chi connectivity index (χ0) is 11.5. The van der Waals surface area contributed by atoms with E-state index in [1.807, 2.05) is 0 Å². The molecule has 0 aromatic carbocycles. The van der Waals surface area contributed by atoms with Crippen molar-refractivity contribution in [3.8, 4) is 0 Å². The smallest absolute Gasteiger partial charge is 0.0415 e. The second-order valence-corrected chi connectivity index (χ2v) is 7.97. The molecular formula is C11H22BrNOS. The number of halogens is 1. The van der Waals surface area contributed by atoms with Gasteiger partial charge in [0.2, 0.25) is 0 Å². The summed E-state index contributed by atoms with van der Waals surface area (Å²) in [5.74, 6) is 1.52. The van der Waals surface area contributed by atoms with Crippen molar-refractivity contribution in [3.05, 3.63) is 0 Å². The highest BCUT2D eigenvalue weighted by Gasteiger charge is 2.29. The molecule has 0 aliphatic carbocycles. The van der Waals surface area contributed by atoms with Crippen LogP contribution in [0, 0.1) is 5.92 Å². The molecule has 0 radical (unpaired) electrons. The fourth-order valence-corrected chi connectivity index (χ4v) is 3.31. The van der Waals surface area contributed by atoms with Gasteiger partial charge >= 0.3 is 0 Å². The first kappa shape index (κ1) is 13.7. The second-order valence-electron chi connectivity index (χ2n) is 5.12. The minimum Gasteiger partial charge on any atom is -0.302 e. The predicted molar refractivity (Wildman–Crippen MR) is 71.1 cm³/mol. The lowest BCUT2D eigenvalue weighted by atomic mass is 10.1. The summed E-state index contributed by atoms with van der Waals surface area (Å²) in [5.41, 5.74) is 0. The molecule has 2 nitrogen and oxygen atoms in total. The van der Waals surface area contributed by atoms with Gasteiger partial charge in [0, 0.05) is 39.7 Å². The van der Waals surface area contributed by atoms with E-state index in [1.165, 1.54) is 0 Å². The molecule has 1 aliphatic rings. The van der Waals surface area contributed by atoms with Gasteiger partial charge in [-0.25, -0.2) is 0 Å². The number of alkyl halides is 1. The summed E-state index contributed by atoms with van der Waals surface area (Å²) >= 11 is 3.51. The summed E-state index contributed by atoms with van der Waals surface area (Å²) in [6.45, 7) is 9.71. The van der Waals surface area contributed by atoms with Gasteiger partial charge in [-0.1, -0.05) is 22.9 Å². The zero-order valence-corrected chi connectivity index (χ0v) is 12.4. The lowest BCUT2D eigenvalue weighted by Gasteiger charge is -2.24. The molecule has 0 aromatic heterocycles. The largest absolute Gasteiger partial charge is 0.302 e. The van der Waals surface area contributed by atoms with Crippen LogP contribution in [0.1, 0.15) is 27.2 Å². The van der Waals surface area contributed by atoms with Crippen molar-refractivity contribution in [2.75, 3.05) is 30.7 Å². The molecular weight excluding hydrogens is 274 g/mol. The Morgan fingerprint density at radius 3 is 2.73 bits per heavy atom. The Balaban J connectivity index is 2.49. The van der Waals surface area contributed by atoms with Crippen molar-refractivity contribution in [2.24, 2.45) is 5.92 Å². The number of hydrogen-bond donors (Lipinski definition) is 0. The van der Waals surface area contributed by atoms with E-state index in [2.05, 4.69) is 41.6 Å². The van der Waals surface area contributed by atoms with Crippen molar-refractivity contribution in [3.63, 3.8) is 0 Å². The van der Waals surface area contributed by atoms with Crippen LogP contribution in [0.2, 0.25) is 0 Å².